The van der Waals surface area contributed by atoms with E-state index in [-0.39, 0.29) is 0 Å². The maximum atomic E-state index is 5.00. The zero-order chi connectivity index (χ0) is 27.7. The normalized spacial score (nSPS) is 13.4. The molecule has 1 aliphatic carbocycles. The molecule has 0 spiro atoms. The predicted octanol–water partition coefficient (Wildman–Crippen LogP) is 9.09. The van der Waals surface area contributed by atoms with E-state index in [1.807, 2.05) is 24.5 Å². The van der Waals surface area contributed by atoms with Crippen molar-refractivity contribution < 1.29 is 0 Å². The molecule has 0 saturated carbocycles. The summed E-state index contributed by atoms with van der Waals surface area (Å²) in [6.45, 7) is 0. The first-order valence-electron chi connectivity index (χ1n) is 14.3. The van der Waals surface area contributed by atoms with Crippen LogP contribution in [-0.4, -0.2) is 14.5 Å². The summed E-state index contributed by atoms with van der Waals surface area (Å²) in [6, 6.07) is 50.0. The molecular formula is C39H25N3. The third-order valence-corrected chi connectivity index (χ3v) is 8.94. The van der Waals surface area contributed by atoms with Crippen LogP contribution in [0.2, 0.25) is 0 Å². The fourth-order valence-electron chi connectivity index (χ4n) is 7.25. The summed E-state index contributed by atoms with van der Waals surface area (Å²) >= 11 is 0. The van der Waals surface area contributed by atoms with E-state index in [0.717, 1.165) is 11.4 Å². The molecule has 3 heterocycles. The van der Waals surface area contributed by atoms with E-state index in [0.29, 0.717) is 0 Å². The Morgan fingerprint density at radius 1 is 0.452 bits per heavy atom. The molecule has 9 rings (SSSR count). The van der Waals surface area contributed by atoms with Crippen LogP contribution in [0.1, 0.15) is 22.5 Å². The highest BCUT2D eigenvalue weighted by Gasteiger charge is 2.48. The van der Waals surface area contributed by atoms with Gasteiger partial charge in [0.05, 0.1) is 28.1 Å². The van der Waals surface area contributed by atoms with Gasteiger partial charge in [0.15, 0.2) is 0 Å². The highest BCUT2D eigenvalue weighted by molar-refractivity contribution is 6.13. The lowest BCUT2D eigenvalue weighted by Crippen LogP contribution is -2.30. The fourth-order valence-corrected chi connectivity index (χ4v) is 7.25. The molecule has 0 bridgehead atoms. The van der Waals surface area contributed by atoms with Crippen LogP contribution < -0.4 is 0 Å². The quantitative estimate of drug-likeness (QED) is 0.226. The number of benzene rings is 5. The van der Waals surface area contributed by atoms with E-state index in [2.05, 4.69) is 132 Å². The molecule has 3 aromatic heterocycles. The van der Waals surface area contributed by atoms with Crippen LogP contribution in [0.15, 0.2) is 152 Å². The van der Waals surface area contributed by atoms with Gasteiger partial charge in [-0.05, 0) is 76.2 Å². The molecule has 0 fully saturated rings. The van der Waals surface area contributed by atoms with Crippen LogP contribution in [0, 0.1) is 0 Å². The minimum absolute atomic E-state index is 0.650. The highest BCUT2D eigenvalue weighted by atomic mass is 15.0. The minimum atomic E-state index is -0.650. The number of aromatic nitrogens is 3. The number of rotatable bonds is 3. The van der Waals surface area contributed by atoms with Crippen molar-refractivity contribution in [2.24, 2.45) is 0 Å². The number of para-hydroxylation sites is 1. The molecule has 3 nitrogen and oxygen atoms in total. The summed E-state index contributed by atoms with van der Waals surface area (Å²) in [5.41, 5.74) is 9.73. The topological polar surface area (TPSA) is 30.7 Å². The number of hydrogen-bond donors (Lipinski definition) is 0. The van der Waals surface area contributed by atoms with Gasteiger partial charge in [-0.3, -0.25) is 9.97 Å². The van der Waals surface area contributed by atoms with E-state index in [1.54, 1.807) is 0 Å². The van der Waals surface area contributed by atoms with Gasteiger partial charge in [0.1, 0.15) is 5.41 Å². The van der Waals surface area contributed by atoms with Gasteiger partial charge in [-0.1, -0.05) is 91.0 Å². The lowest BCUT2D eigenvalue weighted by Gasteiger charge is -2.31. The summed E-state index contributed by atoms with van der Waals surface area (Å²) in [7, 11) is 0. The number of pyridine rings is 2. The molecular weight excluding hydrogens is 510 g/mol. The summed E-state index contributed by atoms with van der Waals surface area (Å²) in [4.78, 5) is 10.0. The molecule has 1 aliphatic rings. The molecule has 8 aromatic rings. The second kappa shape index (κ2) is 8.73. The van der Waals surface area contributed by atoms with Crippen molar-refractivity contribution >= 4 is 32.6 Å². The average molecular weight is 536 g/mol. The third-order valence-electron chi connectivity index (χ3n) is 8.94. The van der Waals surface area contributed by atoms with Crippen molar-refractivity contribution in [3.63, 3.8) is 0 Å². The van der Waals surface area contributed by atoms with E-state index in [1.165, 1.54) is 60.5 Å². The molecule has 0 atom stereocenters. The summed E-state index contributed by atoms with van der Waals surface area (Å²) in [6.07, 6.45) is 3.79. The Kier molecular flexibility index (Phi) is 4.82. The summed E-state index contributed by atoms with van der Waals surface area (Å²) in [5, 5.41) is 4.94. The second-order valence-corrected chi connectivity index (χ2v) is 11.0. The third kappa shape index (κ3) is 3.00. The molecule has 42 heavy (non-hydrogen) atoms. The minimum Gasteiger partial charge on any atom is -0.309 e. The molecule has 5 aromatic carbocycles. The lowest BCUT2D eigenvalue weighted by atomic mass is 9.72. The van der Waals surface area contributed by atoms with Crippen molar-refractivity contribution in [2.45, 2.75) is 5.41 Å². The summed E-state index contributed by atoms with van der Waals surface area (Å²) in [5.74, 6) is 0. The zero-order valence-corrected chi connectivity index (χ0v) is 22.8. The second-order valence-electron chi connectivity index (χ2n) is 11.0. The van der Waals surface area contributed by atoms with Gasteiger partial charge in [0.2, 0.25) is 0 Å². The first-order valence-corrected chi connectivity index (χ1v) is 14.3. The Hall–Kier alpha value is -5.54. The lowest BCUT2D eigenvalue weighted by molar-refractivity contribution is 0.706. The molecule has 0 unspecified atom stereocenters. The number of hydrogen-bond acceptors (Lipinski definition) is 2. The monoisotopic (exact) mass is 535 g/mol. The Balaban J connectivity index is 1.48. The molecule has 0 aliphatic heterocycles. The van der Waals surface area contributed by atoms with Gasteiger partial charge in [0, 0.05) is 28.6 Å². The Bertz CT molecular complexity index is 2250. The molecule has 0 amide bonds. The molecule has 0 saturated heterocycles. The molecule has 3 heteroatoms. The molecule has 0 N–H and O–H groups in total. The van der Waals surface area contributed by atoms with E-state index < -0.39 is 5.41 Å². The van der Waals surface area contributed by atoms with Crippen LogP contribution in [0.5, 0.6) is 0 Å². The van der Waals surface area contributed by atoms with Crippen LogP contribution in [0.4, 0.5) is 0 Å². The van der Waals surface area contributed by atoms with Crippen molar-refractivity contribution in [2.75, 3.05) is 0 Å². The van der Waals surface area contributed by atoms with E-state index in [9.17, 15) is 0 Å². The standard InChI is InChI=1S/C39H25N3/c1-2-14-27-26(12-1)13-11-19-34(27)42-35-18-6-4-16-29(35)31-24-30-28-15-3-5-17-32(28)39(33(30)25-36(31)42,37-20-7-9-22-40-37)38-21-8-10-23-41-38/h1-25H. The van der Waals surface area contributed by atoms with Crippen molar-refractivity contribution in [3.8, 4) is 16.8 Å². The first-order chi connectivity index (χ1) is 20.9. The van der Waals surface area contributed by atoms with Crippen molar-refractivity contribution in [1.29, 1.82) is 0 Å². The van der Waals surface area contributed by atoms with Crippen molar-refractivity contribution in [1.82, 2.24) is 14.5 Å². The predicted molar refractivity (Wildman–Crippen MR) is 171 cm³/mol. The number of fused-ring (bicyclic) bond motifs is 7. The van der Waals surface area contributed by atoms with Crippen LogP contribution in [-0.2, 0) is 5.41 Å². The highest BCUT2D eigenvalue weighted by Crippen LogP contribution is 2.56. The fraction of sp³-hybridized carbons (Fsp3) is 0.0256. The van der Waals surface area contributed by atoms with Crippen LogP contribution >= 0.6 is 0 Å². The van der Waals surface area contributed by atoms with Gasteiger partial charge < -0.3 is 4.57 Å². The zero-order valence-electron chi connectivity index (χ0n) is 22.8. The van der Waals surface area contributed by atoms with Gasteiger partial charge in [-0.25, -0.2) is 0 Å². The van der Waals surface area contributed by atoms with Crippen LogP contribution in [0.25, 0.3) is 49.4 Å². The smallest absolute Gasteiger partial charge is 0.106 e. The maximum Gasteiger partial charge on any atom is 0.106 e. The van der Waals surface area contributed by atoms with Gasteiger partial charge in [-0.2, -0.15) is 0 Å². The molecule has 0 radical (unpaired) electrons. The van der Waals surface area contributed by atoms with Crippen LogP contribution in [0.3, 0.4) is 0 Å². The SMILES string of the molecule is c1ccc(C2(c3ccccn3)c3ccccc3-c3cc4c5ccccc5n(-c5cccc6ccccc56)c4cc32)nc1. The van der Waals surface area contributed by atoms with Gasteiger partial charge in [0.25, 0.3) is 0 Å². The first kappa shape index (κ1) is 23.2. The Labute approximate surface area is 243 Å². The Morgan fingerprint density at radius 3 is 1.90 bits per heavy atom. The van der Waals surface area contributed by atoms with Gasteiger partial charge >= 0.3 is 0 Å². The maximum absolute atomic E-state index is 5.00. The van der Waals surface area contributed by atoms with Crippen molar-refractivity contribution in [3.05, 3.63) is 174 Å². The van der Waals surface area contributed by atoms with E-state index >= 15 is 0 Å². The molecule has 196 valence electrons. The average Bonchev–Trinajstić information content (AvgIpc) is 3.54. The Morgan fingerprint density at radius 2 is 1.12 bits per heavy atom. The van der Waals surface area contributed by atoms with Gasteiger partial charge in [-0.15, -0.1) is 0 Å². The number of nitrogens with zero attached hydrogens (tertiary/aromatic N) is 3. The largest absolute Gasteiger partial charge is 0.309 e. The van der Waals surface area contributed by atoms with E-state index in [4.69, 9.17) is 9.97 Å². The summed E-state index contributed by atoms with van der Waals surface area (Å²) < 4.78 is 2.44.